The van der Waals surface area contributed by atoms with Gasteiger partial charge in [0.1, 0.15) is 5.56 Å². The number of hydrogen-bond donors (Lipinski definition) is 2. The molecular weight excluding hydrogens is 399 g/mol. The van der Waals surface area contributed by atoms with Gasteiger partial charge in [0.2, 0.25) is 0 Å². The van der Waals surface area contributed by atoms with Gasteiger partial charge in [0.05, 0.1) is 17.8 Å². The second kappa shape index (κ2) is 7.82. The molecule has 9 heteroatoms. The van der Waals surface area contributed by atoms with Gasteiger partial charge in [-0.3, -0.25) is 4.68 Å². The van der Waals surface area contributed by atoms with Crippen LogP contribution in [0.2, 0.25) is 0 Å². The minimum absolute atomic E-state index is 0.154. The number of halogens is 3. The van der Waals surface area contributed by atoms with E-state index in [9.17, 15) is 23.1 Å². The molecule has 0 saturated heterocycles. The van der Waals surface area contributed by atoms with Crippen LogP contribution >= 0.6 is 0 Å². The summed E-state index contributed by atoms with van der Waals surface area (Å²) in [6.07, 6.45) is 5.38. The molecule has 1 aromatic rings. The Hall–Kier alpha value is -1.61. The first-order chi connectivity index (χ1) is 14.1. The zero-order valence-electron chi connectivity index (χ0n) is 16.9. The molecule has 0 aromatic carbocycles. The predicted molar refractivity (Wildman–Crippen MR) is 103 cm³/mol. The number of rotatable bonds is 2. The van der Waals surface area contributed by atoms with Crippen LogP contribution in [0.1, 0.15) is 86.3 Å². The highest BCUT2D eigenvalue weighted by molar-refractivity contribution is 5.88. The fourth-order valence-corrected chi connectivity index (χ4v) is 6.39. The minimum atomic E-state index is -4.69. The van der Waals surface area contributed by atoms with Crippen LogP contribution in [0.4, 0.5) is 13.2 Å². The zero-order valence-corrected chi connectivity index (χ0v) is 16.9. The normalized spacial score (nSPS) is 35.8. The summed E-state index contributed by atoms with van der Waals surface area (Å²) in [4.78, 5) is 10.8. The van der Waals surface area contributed by atoms with E-state index in [2.05, 4.69) is 5.10 Å². The number of nitrogens with one attached hydrogen (secondary N) is 1. The Kier molecular flexibility index (Phi) is 5.63. The van der Waals surface area contributed by atoms with Crippen molar-refractivity contribution >= 4 is 5.97 Å². The lowest BCUT2D eigenvalue weighted by molar-refractivity contribution is -0.145. The quantitative estimate of drug-likeness (QED) is 0.686. The third-order valence-electron chi connectivity index (χ3n) is 7.46. The number of alkyl halides is 3. The SMILES string of the molecule is O=C(O)c1cnn(C2CCCCC2)c1C(F)(F)F.[NH-]C1C2CC3CC1CC(O)(C3)C2. The highest BCUT2D eigenvalue weighted by Gasteiger charge is 2.51. The van der Waals surface area contributed by atoms with E-state index >= 15 is 0 Å². The first-order valence-electron chi connectivity index (χ1n) is 10.9. The fraction of sp³-hybridized carbons (Fsp3) is 0.810. The number of aromatic carboxylic acids is 1. The highest BCUT2D eigenvalue weighted by Crippen LogP contribution is 2.56. The van der Waals surface area contributed by atoms with Gasteiger partial charge in [0.15, 0.2) is 5.69 Å². The largest absolute Gasteiger partial charge is 0.674 e. The van der Waals surface area contributed by atoms with Gasteiger partial charge >= 0.3 is 12.1 Å². The third-order valence-corrected chi connectivity index (χ3v) is 7.46. The van der Waals surface area contributed by atoms with Crippen molar-refractivity contribution in [1.29, 1.82) is 0 Å². The van der Waals surface area contributed by atoms with Crippen molar-refractivity contribution in [2.24, 2.45) is 17.8 Å². The molecular formula is C21H29F3N3O3-. The summed E-state index contributed by atoms with van der Waals surface area (Å²) >= 11 is 0. The van der Waals surface area contributed by atoms with Crippen molar-refractivity contribution < 1.29 is 28.2 Å². The van der Waals surface area contributed by atoms with Crippen LogP contribution in [-0.2, 0) is 6.18 Å². The maximum absolute atomic E-state index is 12.9. The lowest BCUT2D eigenvalue weighted by Gasteiger charge is -2.60. The smallest absolute Gasteiger partial charge is 0.433 e. The van der Waals surface area contributed by atoms with Crippen LogP contribution in [0.25, 0.3) is 5.73 Å². The number of hydrogen-bond acceptors (Lipinski definition) is 3. The molecule has 0 aliphatic heterocycles. The summed E-state index contributed by atoms with van der Waals surface area (Å²) in [5, 5.41) is 22.6. The van der Waals surface area contributed by atoms with Crippen molar-refractivity contribution in [1.82, 2.24) is 9.78 Å². The number of carbonyl (C=O) groups is 1. The molecule has 2 unspecified atom stereocenters. The molecule has 168 valence electrons. The molecule has 5 aliphatic rings. The fourth-order valence-electron chi connectivity index (χ4n) is 6.39. The van der Waals surface area contributed by atoms with E-state index in [1.165, 1.54) is 12.8 Å². The topological polar surface area (TPSA) is 99.2 Å². The number of aliphatic hydroxyl groups is 1. The zero-order chi connectivity index (χ0) is 21.7. The Balaban J connectivity index is 0.000000156. The van der Waals surface area contributed by atoms with Gasteiger partial charge in [0.25, 0.3) is 0 Å². The van der Waals surface area contributed by atoms with Gasteiger partial charge in [-0.25, -0.2) is 4.79 Å². The van der Waals surface area contributed by atoms with Crippen LogP contribution < -0.4 is 0 Å². The average Bonchev–Trinajstić information content (AvgIpc) is 3.12. The van der Waals surface area contributed by atoms with E-state index in [1.807, 2.05) is 0 Å². The van der Waals surface area contributed by atoms with Gasteiger partial charge in [-0.1, -0.05) is 31.1 Å². The van der Waals surface area contributed by atoms with Crippen molar-refractivity contribution in [3.05, 3.63) is 23.2 Å². The average molecular weight is 428 g/mol. The predicted octanol–water partition coefficient (Wildman–Crippen LogP) is 5.08. The maximum Gasteiger partial charge on any atom is 0.433 e. The monoisotopic (exact) mass is 428 g/mol. The molecule has 0 spiro atoms. The van der Waals surface area contributed by atoms with Gasteiger partial charge in [-0.2, -0.15) is 18.3 Å². The van der Waals surface area contributed by atoms with Crippen LogP contribution in [0.3, 0.4) is 0 Å². The van der Waals surface area contributed by atoms with Crippen molar-refractivity contribution in [2.75, 3.05) is 0 Å². The Morgan fingerprint density at radius 3 is 2.23 bits per heavy atom. The van der Waals surface area contributed by atoms with E-state index in [0.29, 0.717) is 24.7 Å². The highest BCUT2D eigenvalue weighted by atomic mass is 19.4. The molecule has 30 heavy (non-hydrogen) atoms. The second-order valence-electron chi connectivity index (χ2n) is 9.67. The number of carboxylic acids is 1. The molecule has 5 fully saturated rings. The first kappa shape index (κ1) is 21.6. The van der Waals surface area contributed by atoms with Gasteiger partial charge in [-0.15, -0.1) is 6.04 Å². The Morgan fingerprint density at radius 2 is 1.73 bits per heavy atom. The summed E-state index contributed by atoms with van der Waals surface area (Å²) in [5.74, 6) is 0.223. The summed E-state index contributed by atoms with van der Waals surface area (Å²) in [7, 11) is 0. The van der Waals surface area contributed by atoms with Gasteiger partial charge in [0, 0.05) is 0 Å². The van der Waals surface area contributed by atoms with Crippen LogP contribution in [0.15, 0.2) is 6.20 Å². The lowest BCUT2D eigenvalue weighted by Crippen LogP contribution is -2.55. The summed E-state index contributed by atoms with van der Waals surface area (Å²) in [6.45, 7) is 0. The van der Waals surface area contributed by atoms with Crippen LogP contribution in [-0.4, -0.2) is 37.6 Å². The number of aromatic nitrogens is 2. The second-order valence-corrected chi connectivity index (χ2v) is 9.67. The third kappa shape index (κ3) is 4.10. The van der Waals surface area contributed by atoms with Crippen molar-refractivity contribution in [3.63, 3.8) is 0 Å². The molecule has 6 rings (SSSR count). The standard InChI is InChI=1S/C11H13F3N2O2.C10H16NO/c12-11(13,14)9-8(10(17)18)6-15-16(9)7-4-2-1-3-5-7;11-9-7-1-6-2-8(9)5-10(12,3-6)4-7/h6-7H,1-5H2,(H,17,18);6-9,11-12H,1-5H2/q;-1. The number of nitrogens with zero attached hydrogens (tertiary/aromatic N) is 2. The number of carboxylic acid groups (broad SMARTS) is 1. The molecule has 4 bridgehead atoms. The van der Waals surface area contributed by atoms with E-state index < -0.39 is 23.4 Å². The molecule has 5 saturated carbocycles. The molecule has 1 aromatic heterocycles. The summed E-state index contributed by atoms with van der Waals surface area (Å²) in [6, 6.07) is -0.190. The molecule has 0 amide bonds. The Bertz CT molecular complexity index is 772. The van der Waals surface area contributed by atoms with Crippen LogP contribution in [0.5, 0.6) is 0 Å². The minimum Gasteiger partial charge on any atom is -0.674 e. The Labute approximate surface area is 173 Å². The molecule has 5 aliphatic carbocycles. The van der Waals surface area contributed by atoms with Crippen molar-refractivity contribution in [2.45, 2.75) is 88.1 Å². The first-order valence-corrected chi connectivity index (χ1v) is 10.9. The van der Waals surface area contributed by atoms with Crippen LogP contribution in [0, 0.1) is 17.8 Å². The lowest BCUT2D eigenvalue weighted by atomic mass is 9.52. The molecule has 3 N–H and O–H groups in total. The van der Waals surface area contributed by atoms with Gasteiger partial charge < -0.3 is 15.9 Å². The van der Waals surface area contributed by atoms with Gasteiger partial charge in [-0.05, 0) is 50.9 Å². The molecule has 0 radical (unpaired) electrons. The van der Waals surface area contributed by atoms with E-state index in [1.54, 1.807) is 0 Å². The summed E-state index contributed by atoms with van der Waals surface area (Å²) in [5.41, 5.74) is 5.73. The van der Waals surface area contributed by atoms with E-state index in [0.717, 1.165) is 55.3 Å². The van der Waals surface area contributed by atoms with E-state index in [4.69, 9.17) is 10.8 Å². The molecule has 2 atom stereocenters. The van der Waals surface area contributed by atoms with Crippen molar-refractivity contribution in [3.8, 4) is 0 Å². The summed E-state index contributed by atoms with van der Waals surface area (Å²) < 4.78 is 39.6. The molecule has 1 heterocycles. The Morgan fingerprint density at radius 1 is 1.13 bits per heavy atom. The van der Waals surface area contributed by atoms with E-state index in [-0.39, 0.29) is 17.7 Å². The maximum atomic E-state index is 12.9. The molecule has 6 nitrogen and oxygen atoms in total.